The van der Waals surface area contributed by atoms with Crippen molar-refractivity contribution in [1.82, 2.24) is 9.55 Å². The Morgan fingerprint density at radius 1 is 1.25 bits per heavy atom. The van der Waals surface area contributed by atoms with Crippen LogP contribution >= 0.6 is 0 Å². The fourth-order valence-corrected chi connectivity index (χ4v) is 3.84. The molecule has 6 heteroatoms. The molecule has 0 saturated heterocycles. The van der Waals surface area contributed by atoms with Crippen LogP contribution in [0.4, 0.5) is 0 Å². The van der Waals surface area contributed by atoms with Gasteiger partial charge in [-0.15, -0.1) is 0 Å². The van der Waals surface area contributed by atoms with E-state index in [1.165, 1.54) is 0 Å². The highest BCUT2D eigenvalue weighted by Gasteiger charge is 2.25. The third kappa shape index (κ3) is 5.25. The van der Waals surface area contributed by atoms with Crippen molar-refractivity contribution in [3.63, 3.8) is 0 Å². The Labute approximate surface area is 167 Å². The van der Waals surface area contributed by atoms with Gasteiger partial charge < -0.3 is 19.0 Å². The van der Waals surface area contributed by atoms with E-state index in [9.17, 15) is 4.79 Å². The summed E-state index contributed by atoms with van der Waals surface area (Å²) in [6, 6.07) is 6.60. The van der Waals surface area contributed by atoms with Gasteiger partial charge in [0.2, 0.25) is 0 Å². The zero-order valence-electron chi connectivity index (χ0n) is 17.4. The molecule has 28 heavy (non-hydrogen) atoms. The molecule has 1 saturated carbocycles. The number of Topliss-reactive ketones (excluding diaryl/α,β-unsaturated/α-hetero) is 1. The van der Waals surface area contributed by atoms with Gasteiger partial charge in [-0.3, -0.25) is 4.57 Å². The fourth-order valence-electron chi connectivity index (χ4n) is 3.84. The van der Waals surface area contributed by atoms with Crippen LogP contribution in [0.2, 0.25) is 0 Å². The van der Waals surface area contributed by atoms with E-state index in [0.717, 1.165) is 42.5 Å². The van der Waals surface area contributed by atoms with Gasteiger partial charge in [0.15, 0.2) is 0 Å². The number of hydrogen-bond acceptors (Lipinski definition) is 5. The Hall–Kier alpha value is -2.08. The zero-order valence-corrected chi connectivity index (χ0v) is 17.4. The van der Waals surface area contributed by atoms with E-state index >= 15 is 0 Å². The molecule has 6 nitrogen and oxygen atoms in total. The average Bonchev–Trinajstić information content (AvgIpc) is 2.96. The summed E-state index contributed by atoms with van der Waals surface area (Å²) in [7, 11) is 1.98. The Morgan fingerprint density at radius 3 is 2.64 bits per heavy atom. The molecular weight excluding hydrogens is 356 g/mol. The summed E-state index contributed by atoms with van der Waals surface area (Å²) < 4.78 is 19.8. The van der Waals surface area contributed by atoms with Gasteiger partial charge in [-0.1, -0.05) is 6.92 Å². The van der Waals surface area contributed by atoms with Crippen LogP contribution in [0.1, 0.15) is 52.9 Å². The molecule has 1 heterocycles. The summed E-state index contributed by atoms with van der Waals surface area (Å²) in [5.41, 5.74) is 1.93. The molecule has 0 amide bonds. The first-order chi connectivity index (χ1) is 13.5. The highest BCUT2D eigenvalue weighted by Crippen LogP contribution is 2.29. The SMILES string of the molecule is CCOc1ccc2c(c1)nc(OC1CCC(OC[C@H](C)CC(C)=O)CC1)n2C. The molecule has 0 aliphatic heterocycles. The number of fused-ring (bicyclic) bond motifs is 1. The molecule has 0 unspecified atom stereocenters. The van der Waals surface area contributed by atoms with Crippen molar-refractivity contribution in [2.24, 2.45) is 13.0 Å². The number of carbonyl (C=O) groups excluding carboxylic acids is 1. The summed E-state index contributed by atoms with van der Waals surface area (Å²) in [4.78, 5) is 15.8. The van der Waals surface area contributed by atoms with Crippen LogP contribution in [0.5, 0.6) is 11.8 Å². The van der Waals surface area contributed by atoms with Gasteiger partial charge in [0.1, 0.15) is 17.6 Å². The first-order valence-corrected chi connectivity index (χ1v) is 10.3. The number of ether oxygens (including phenoxy) is 3. The zero-order chi connectivity index (χ0) is 20.1. The third-order valence-corrected chi connectivity index (χ3v) is 5.27. The lowest BCUT2D eigenvalue weighted by Crippen LogP contribution is -2.30. The summed E-state index contributed by atoms with van der Waals surface area (Å²) in [5, 5.41) is 0. The third-order valence-electron chi connectivity index (χ3n) is 5.27. The number of rotatable bonds is 9. The molecule has 3 rings (SSSR count). The van der Waals surface area contributed by atoms with Gasteiger partial charge in [0.05, 0.1) is 23.7 Å². The van der Waals surface area contributed by atoms with E-state index in [4.69, 9.17) is 14.2 Å². The Balaban J connectivity index is 1.52. The summed E-state index contributed by atoms with van der Waals surface area (Å²) >= 11 is 0. The second kappa shape index (κ2) is 9.41. The molecule has 154 valence electrons. The lowest BCUT2D eigenvalue weighted by Gasteiger charge is -2.29. The van der Waals surface area contributed by atoms with Crippen molar-refractivity contribution in [2.75, 3.05) is 13.2 Å². The van der Waals surface area contributed by atoms with Gasteiger partial charge >= 0.3 is 0 Å². The molecule has 0 N–H and O–H groups in total. The number of carbonyl (C=O) groups is 1. The highest BCUT2D eigenvalue weighted by molar-refractivity contribution is 5.78. The summed E-state index contributed by atoms with van der Waals surface area (Å²) in [6.07, 6.45) is 4.90. The van der Waals surface area contributed by atoms with Gasteiger partial charge in [0.25, 0.3) is 6.01 Å². The van der Waals surface area contributed by atoms with Crippen LogP contribution in [0.3, 0.4) is 0 Å². The first kappa shape index (κ1) is 20.6. The molecule has 0 radical (unpaired) electrons. The lowest BCUT2D eigenvalue weighted by molar-refractivity contribution is -0.118. The maximum atomic E-state index is 11.2. The Bertz CT molecular complexity index is 793. The number of ketones is 1. The quantitative estimate of drug-likeness (QED) is 0.641. The summed E-state index contributed by atoms with van der Waals surface area (Å²) in [6.45, 7) is 6.97. The maximum absolute atomic E-state index is 11.2. The van der Waals surface area contributed by atoms with Crippen LogP contribution in [0, 0.1) is 5.92 Å². The minimum Gasteiger partial charge on any atom is -0.494 e. The molecule has 1 atom stereocenters. The van der Waals surface area contributed by atoms with Gasteiger partial charge in [-0.05, 0) is 57.6 Å². The van der Waals surface area contributed by atoms with Crippen molar-refractivity contribution in [1.29, 1.82) is 0 Å². The van der Waals surface area contributed by atoms with Crippen LogP contribution in [-0.4, -0.2) is 40.8 Å². The standard InChI is InChI=1S/C22H32N2O4/c1-5-26-19-10-11-21-20(13-19)23-22(24(21)4)28-18-8-6-17(7-9-18)27-14-15(2)12-16(3)25/h10-11,13,15,17-18H,5-9,12,14H2,1-4H3/t15-,17?,18?/m1/s1. The number of nitrogens with zero attached hydrogens (tertiary/aromatic N) is 2. The van der Waals surface area contributed by atoms with Crippen LogP contribution < -0.4 is 9.47 Å². The van der Waals surface area contributed by atoms with E-state index < -0.39 is 0 Å². The Kier molecular flexibility index (Phi) is 6.94. The normalized spacial score (nSPS) is 20.9. The number of benzene rings is 1. The fraction of sp³-hybridized carbons (Fsp3) is 0.636. The largest absolute Gasteiger partial charge is 0.494 e. The maximum Gasteiger partial charge on any atom is 0.297 e. The topological polar surface area (TPSA) is 62.6 Å². The lowest BCUT2D eigenvalue weighted by atomic mass is 9.95. The molecule has 0 spiro atoms. The average molecular weight is 389 g/mol. The van der Waals surface area contributed by atoms with Crippen molar-refractivity contribution in [2.45, 2.75) is 65.1 Å². The smallest absolute Gasteiger partial charge is 0.297 e. The second-order valence-corrected chi connectivity index (χ2v) is 7.90. The predicted molar refractivity (Wildman–Crippen MR) is 109 cm³/mol. The van der Waals surface area contributed by atoms with Crippen molar-refractivity contribution in [3.05, 3.63) is 18.2 Å². The molecule has 2 aromatic rings. The van der Waals surface area contributed by atoms with Gasteiger partial charge in [0, 0.05) is 26.1 Å². The number of imidazole rings is 1. The number of aromatic nitrogens is 2. The van der Waals surface area contributed by atoms with Crippen molar-refractivity contribution in [3.8, 4) is 11.8 Å². The van der Waals surface area contributed by atoms with Crippen LogP contribution in [0.25, 0.3) is 11.0 Å². The van der Waals surface area contributed by atoms with Crippen LogP contribution in [-0.2, 0) is 16.6 Å². The predicted octanol–water partition coefficient (Wildman–Crippen LogP) is 4.29. The molecular formula is C22H32N2O4. The number of hydrogen-bond donors (Lipinski definition) is 0. The van der Waals surface area contributed by atoms with E-state index in [-0.39, 0.29) is 23.9 Å². The molecule has 1 aromatic carbocycles. The molecule has 1 aliphatic rings. The molecule has 1 aromatic heterocycles. The van der Waals surface area contributed by atoms with Crippen molar-refractivity contribution >= 4 is 16.8 Å². The van der Waals surface area contributed by atoms with Gasteiger partial charge in [-0.25, -0.2) is 0 Å². The molecule has 0 bridgehead atoms. The van der Waals surface area contributed by atoms with Crippen molar-refractivity contribution < 1.29 is 19.0 Å². The van der Waals surface area contributed by atoms with E-state index in [1.54, 1.807) is 6.92 Å². The minimum absolute atomic E-state index is 0.163. The van der Waals surface area contributed by atoms with Gasteiger partial charge in [-0.2, -0.15) is 4.98 Å². The Morgan fingerprint density at radius 2 is 1.96 bits per heavy atom. The van der Waals surface area contributed by atoms with E-state index in [0.29, 0.717) is 25.6 Å². The van der Waals surface area contributed by atoms with Crippen LogP contribution in [0.15, 0.2) is 18.2 Å². The monoisotopic (exact) mass is 388 g/mol. The van der Waals surface area contributed by atoms with E-state index in [1.807, 2.05) is 36.7 Å². The minimum atomic E-state index is 0.163. The molecule has 1 fully saturated rings. The number of aryl methyl sites for hydroxylation is 1. The molecule has 1 aliphatic carbocycles. The van der Waals surface area contributed by atoms with E-state index in [2.05, 4.69) is 11.9 Å². The highest BCUT2D eigenvalue weighted by atomic mass is 16.5. The second-order valence-electron chi connectivity index (χ2n) is 7.90. The first-order valence-electron chi connectivity index (χ1n) is 10.3. The summed E-state index contributed by atoms with van der Waals surface area (Å²) in [5.74, 6) is 1.34.